The van der Waals surface area contributed by atoms with Gasteiger partial charge in [-0.05, 0) is 32.0 Å². The minimum atomic E-state index is -0.582. The highest BCUT2D eigenvalue weighted by Crippen LogP contribution is 2.19. The van der Waals surface area contributed by atoms with Crippen LogP contribution >= 0.6 is 11.3 Å². The summed E-state index contributed by atoms with van der Waals surface area (Å²) >= 11 is 1.22. The van der Waals surface area contributed by atoms with E-state index in [1.54, 1.807) is 11.4 Å². The first-order valence-electron chi connectivity index (χ1n) is 8.52. The molecule has 0 aliphatic carbocycles. The van der Waals surface area contributed by atoms with Gasteiger partial charge in [0, 0.05) is 24.5 Å². The number of nitrogens with one attached hydrogen (secondary N) is 2. The van der Waals surface area contributed by atoms with Crippen LogP contribution in [0.25, 0.3) is 0 Å². The summed E-state index contributed by atoms with van der Waals surface area (Å²) in [6, 6.07) is 6.10. The normalized spacial score (nSPS) is 17.2. The molecule has 0 bridgehead atoms. The second-order valence-electron chi connectivity index (χ2n) is 6.22. The van der Waals surface area contributed by atoms with Crippen molar-refractivity contribution in [3.63, 3.8) is 0 Å². The molecule has 2 aromatic rings. The molecule has 1 aromatic carbocycles. The lowest BCUT2D eigenvalue weighted by molar-refractivity contribution is -0.131. The predicted octanol–water partition coefficient (Wildman–Crippen LogP) is 2.29. The monoisotopic (exact) mass is 376 g/mol. The maximum atomic E-state index is 13.7. The van der Waals surface area contributed by atoms with E-state index >= 15 is 0 Å². The Morgan fingerprint density at radius 2 is 2.19 bits per heavy atom. The molecule has 0 spiro atoms. The standard InChI is InChI=1S/C18H21FN4O2S/c1-20-12-5-4-8-23(10-12)16(24)9-13-11-26-18(21-13)22-17(25)14-6-2-3-7-15(14)19/h2-3,6-7,11-12,20H,4-5,8-10H2,1H3,(H,21,22,25). The number of halogens is 1. The van der Waals surface area contributed by atoms with Crippen LogP contribution in [-0.2, 0) is 11.2 Å². The molecule has 3 rings (SSSR count). The zero-order valence-corrected chi connectivity index (χ0v) is 15.3. The van der Waals surface area contributed by atoms with E-state index in [2.05, 4.69) is 15.6 Å². The van der Waals surface area contributed by atoms with Gasteiger partial charge in [-0.3, -0.25) is 14.9 Å². The second-order valence-corrected chi connectivity index (χ2v) is 7.08. The molecular formula is C18H21FN4O2S. The van der Waals surface area contributed by atoms with Gasteiger partial charge in [0.05, 0.1) is 17.7 Å². The van der Waals surface area contributed by atoms with Crippen molar-refractivity contribution in [3.8, 4) is 0 Å². The van der Waals surface area contributed by atoms with Gasteiger partial charge < -0.3 is 10.2 Å². The fourth-order valence-corrected chi connectivity index (χ4v) is 3.67. The zero-order chi connectivity index (χ0) is 18.5. The number of nitrogens with zero attached hydrogens (tertiary/aromatic N) is 2. The quantitative estimate of drug-likeness (QED) is 0.840. The third-order valence-corrected chi connectivity index (χ3v) is 5.21. The first kappa shape index (κ1) is 18.5. The molecule has 1 atom stereocenters. The SMILES string of the molecule is CNC1CCCN(C(=O)Cc2csc(NC(=O)c3ccccc3F)n2)C1. The van der Waals surface area contributed by atoms with Crippen molar-refractivity contribution in [2.24, 2.45) is 0 Å². The summed E-state index contributed by atoms with van der Waals surface area (Å²) in [5.41, 5.74) is 0.571. The van der Waals surface area contributed by atoms with Crippen LogP contribution in [-0.4, -0.2) is 47.9 Å². The maximum Gasteiger partial charge on any atom is 0.260 e. The largest absolute Gasteiger partial charge is 0.341 e. The number of anilines is 1. The third-order valence-electron chi connectivity index (χ3n) is 4.41. The molecule has 0 saturated carbocycles. The number of rotatable bonds is 5. The lowest BCUT2D eigenvalue weighted by Crippen LogP contribution is -2.47. The molecule has 6 nitrogen and oxygen atoms in total. The van der Waals surface area contributed by atoms with Crippen molar-refractivity contribution >= 4 is 28.3 Å². The average molecular weight is 376 g/mol. The number of hydrogen-bond acceptors (Lipinski definition) is 5. The van der Waals surface area contributed by atoms with Crippen LogP contribution in [0.5, 0.6) is 0 Å². The number of thiazole rings is 1. The van der Waals surface area contributed by atoms with Gasteiger partial charge in [0.1, 0.15) is 5.82 Å². The summed E-state index contributed by atoms with van der Waals surface area (Å²) in [5, 5.41) is 7.89. The summed E-state index contributed by atoms with van der Waals surface area (Å²) < 4.78 is 13.7. The van der Waals surface area contributed by atoms with Gasteiger partial charge in [-0.2, -0.15) is 0 Å². The number of piperidine rings is 1. The number of likely N-dealkylation sites (tertiary alicyclic amines) is 1. The first-order chi connectivity index (χ1) is 12.6. The highest BCUT2D eigenvalue weighted by Gasteiger charge is 2.23. The van der Waals surface area contributed by atoms with Crippen LogP contribution < -0.4 is 10.6 Å². The lowest BCUT2D eigenvalue weighted by atomic mass is 10.1. The van der Waals surface area contributed by atoms with E-state index in [9.17, 15) is 14.0 Å². The van der Waals surface area contributed by atoms with Crippen molar-refractivity contribution in [1.82, 2.24) is 15.2 Å². The Hall–Kier alpha value is -2.32. The van der Waals surface area contributed by atoms with Gasteiger partial charge in [0.2, 0.25) is 5.91 Å². The summed E-state index contributed by atoms with van der Waals surface area (Å²) in [6.45, 7) is 1.47. The van der Waals surface area contributed by atoms with Gasteiger partial charge in [-0.1, -0.05) is 12.1 Å². The van der Waals surface area contributed by atoms with Crippen molar-refractivity contribution < 1.29 is 14.0 Å². The molecule has 2 amide bonds. The van der Waals surface area contributed by atoms with Crippen LogP contribution in [0.15, 0.2) is 29.6 Å². The second kappa shape index (κ2) is 8.37. The number of hydrogen-bond donors (Lipinski definition) is 2. The Morgan fingerprint density at radius 1 is 1.38 bits per heavy atom. The van der Waals surface area contributed by atoms with Crippen LogP contribution in [0.2, 0.25) is 0 Å². The highest BCUT2D eigenvalue weighted by atomic mass is 32.1. The number of benzene rings is 1. The van der Waals surface area contributed by atoms with Gasteiger partial charge in [-0.25, -0.2) is 9.37 Å². The van der Waals surface area contributed by atoms with E-state index in [0.717, 1.165) is 19.4 Å². The minimum absolute atomic E-state index is 0.0298. The molecule has 26 heavy (non-hydrogen) atoms. The Labute approximate surface area is 155 Å². The molecule has 1 aliphatic rings. The zero-order valence-electron chi connectivity index (χ0n) is 14.5. The van der Waals surface area contributed by atoms with Crippen molar-refractivity contribution in [1.29, 1.82) is 0 Å². The molecule has 138 valence electrons. The molecule has 8 heteroatoms. The lowest BCUT2D eigenvalue weighted by Gasteiger charge is -2.32. The van der Waals surface area contributed by atoms with Gasteiger partial charge in [0.15, 0.2) is 5.13 Å². The minimum Gasteiger partial charge on any atom is -0.341 e. The van der Waals surface area contributed by atoms with E-state index in [-0.39, 0.29) is 17.9 Å². The van der Waals surface area contributed by atoms with Crippen LogP contribution in [0, 0.1) is 5.82 Å². The Kier molecular flexibility index (Phi) is 5.95. The van der Waals surface area contributed by atoms with E-state index in [1.165, 1.54) is 29.5 Å². The number of likely N-dealkylation sites (N-methyl/N-ethyl adjacent to an activating group) is 1. The summed E-state index contributed by atoms with van der Waals surface area (Å²) in [6.07, 6.45) is 2.25. The van der Waals surface area contributed by atoms with Crippen molar-refractivity contribution in [2.75, 3.05) is 25.5 Å². The number of aromatic nitrogens is 1. The molecule has 2 heterocycles. The molecule has 1 unspecified atom stereocenters. The number of carbonyl (C=O) groups is 2. The van der Waals surface area contributed by atoms with Crippen LogP contribution in [0.4, 0.5) is 9.52 Å². The van der Waals surface area contributed by atoms with E-state index in [4.69, 9.17) is 0 Å². The summed E-state index contributed by atoms with van der Waals surface area (Å²) in [5.74, 6) is -1.11. The third kappa shape index (κ3) is 4.44. The molecule has 1 fully saturated rings. The highest BCUT2D eigenvalue weighted by molar-refractivity contribution is 7.14. The number of amides is 2. The molecular weight excluding hydrogens is 355 g/mol. The number of carbonyl (C=O) groups excluding carboxylic acids is 2. The molecule has 0 radical (unpaired) electrons. The fraction of sp³-hybridized carbons (Fsp3) is 0.389. The van der Waals surface area contributed by atoms with Crippen LogP contribution in [0.3, 0.4) is 0 Å². The molecule has 1 aliphatic heterocycles. The van der Waals surface area contributed by atoms with Crippen molar-refractivity contribution in [2.45, 2.75) is 25.3 Å². The smallest absolute Gasteiger partial charge is 0.260 e. The van der Waals surface area contributed by atoms with Crippen molar-refractivity contribution in [3.05, 3.63) is 46.7 Å². The summed E-state index contributed by atoms with van der Waals surface area (Å²) in [4.78, 5) is 30.7. The summed E-state index contributed by atoms with van der Waals surface area (Å²) in [7, 11) is 1.91. The molecule has 2 N–H and O–H groups in total. The maximum absolute atomic E-state index is 13.7. The van der Waals surface area contributed by atoms with E-state index in [0.29, 0.717) is 23.4 Å². The molecule has 1 aromatic heterocycles. The Morgan fingerprint density at radius 3 is 2.96 bits per heavy atom. The van der Waals surface area contributed by atoms with E-state index < -0.39 is 11.7 Å². The fourth-order valence-electron chi connectivity index (χ4n) is 2.96. The van der Waals surface area contributed by atoms with Gasteiger partial charge in [-0.15, -0.1) is 11.3 Å². The van der Waals surface area contributed by atoms with Gasteiger partial charge >= 0.3 is 0 Å². The predicted molar refractivity (Wildman–Crippen MR) is 98.8 cm³/mol. The average Bonchev–Trinajstić information content (AvgIpc) is 3.08. The molecule has 1 saturated heterocycles. The van der Waals surface area contributed by atoms with Gasteiger partial charge in [0.25, 0.3) is 5.91 Å². The Bertz CT molecular complexity index is 795. The topological polar surface area (TPSA) is 74.3 Å². The van der Waals surface area contributed by atoms with Crippen LogP contribution in [0.1, 0.15) is 28.9 Å². The Balaban J connectivity index is 1.58. The van der Waals surface area contributed by atoms with E-state index in [1.807, 2.05) is 11.9 Å². The first-order valence-corrected chi connectivity index (χ1v) is 9.40.